The number of carbonyl (C=O) groups excluding carboxylic acids is 1. The van der Waals surface area contributed by atoms with Gasteiger partial charge >= 0.3 is 0 Å². The first kappa shape index (κ1) is 15.4. The van der Waals surface area contributed by atoms with Gasteiger partial charge in [-0.2, -0.15) is 0 Å². The quantitative estimate of drug-likeness (QED) is 0.548. The number of amides is 1. The molecule has 1 aromatic carbocycles. The number of nitrogens with one attached hydrogen (secondary N) is 1. The molecule has 0 unspecified atom stereocenters. The van der Waals surface area contributed by atoms with Crippen molar-refractivity contribution >= 4 is 29.5 Å². The van der Waals surface area contributed by atoms with Crippen molar-refractivity contribution < 1.29 is 4.79 Å². The molecule has 1 amide bonds. The molecule has 0 atom stereocenters. The first-order chi connectivity index (χ1) is 8.74. The molecule has 0 bridgehead atoms. The van der Waals surface area contributed by atoms with E-state index in [1.807, 2.05) is 24.3 Å². The summed E-state index contributed by atoms with van der Waals surface area (Å²) in [4.78, 5) is 12.5. The molecule has 1 aromatic rings. The molecule has 2 nitrogen and oxygen atoms in total. The Balaban J connectivity index is 2.15. The maximum atomic E-state index is 11.6. The Kier molecular flexibility index (Phi) is 7.94. The Morgan fingerprint density at radius 1 is 1.22 bits per heavy atom. The molecule has 0 saturated heterocycles. The maximum absolute atomic E-state index is 11.6. The molecule has 0 radical (unpaired) electrons. The molecule has 4 heteroatoms. The predicted molar refractivity (Wildman–Crippen MR) is 78.8 cm³/mol. The summed E-state index contributed by atoms with van der Waals surface area (Å²) in [7, 11) is 0. The van der Waals surface area contributed by atoms with Gasteiger partial charge in [-0.05, 0) is 30.5 Å². The zero-order chi connectivity index (χ0) is 13.2. The third-order valence-electron chi connectivity index (χ3n) is 2.62. The van der Waals surface area contributed by atoms with Crippen molar-refractivity contribution in [1.82, 2.24) is 4.72 Å². The highest BCUT2D eigenvalue weighted by atomic mass is 35.5. The molecule has 0 fully saturated rings. The number of unbranched alkanes of at least 4 members (excludes halogenated alkanes) is 4. The molecule has 0 spiro atoms. The van der Waals surface area contributed by atoms with Crippen LogP contribution in [0, 0.1) is 0 Å². The average molecular weight is 286 g/mol. The van der Waals surface area contributed by atoms with E-state index in [0.717, 1.165) is 17.7 Å². The fraction of sp³-hybridized carbons (Fsp3) is 0.500. The first-order valence-corrected chi connectivity index (χ1v) is 7.63. The van der Waals surface area contributed by atoms with Gasteiger partial charge in [-0.1, -0.05) is 56.3 Å². The number of rotatable bonds is 8. The third kappa shape index (κ3) is 6.31. The van der Waals surface area contributed by atoms with Gasteiger partial charge in [0.15, 0.2) is 0 Å². The fourth-order valence-corrected chi connectivity index (χ4v) is 2.47. The summed E-state index contributed by atoms with van der Waals surface area (Å²) in [5.74, 6) is 0.0800. The summed E-state index contributed by atoms with van der Waals surface area (Å²) < 4.78 is 2.82. The van der Waals surface area contributed by atoms with Gasteiger partial charge in [-0.3, -0.25) is 9.52 Å². The molecule has 0 aliphatic heterocycles. The van der Waals surface area contributed by atoms with Gasteiger partial charge in [0.25, 0.3) is 0 Å². The number of hydrogen-bond donors (Lipinski definition) is 1. The van der Waals surface area contributed by atoms with Crippen LogP contribution in [-0.2, 0) is 4.79 Å². The van der Waals surface area contributed by atoms with E-state index in [1.165, 1.54) is 31.2 Å². The van der Waals surface area contributed by atoms with E-state index in [1.54, 1.807) is 0 Å². The third-order valence-corrected chi connectivity index (χ3v) is 3.97. The van der Waals surface area contributed by atoms with Crippen LogP contribution in [0.4, 0.5) is 0 Å². The molecule has 100 valence electrons. The van der Waals surface area contributed by atoms with Gasteiger partial charge in [-0.25, -0.2) is 0 Å². The minimum atomic E-state index is 0.0800. The second-order valence-corrected chi connectivity index (χ2v) is 5.48. The number of benzene rings is 1. The highest BCUT2D eigenvalue weighted by Crippen LogP contribution is 2.24. The fourth-order valence-electron chi connectivity index (χ4n) is 1.58. The molecule has 0 aliphatic carbocycles. The minimum Gasteiger partial charge on any atom is -0.296 e. The Morgan fingerprint density at radius 2 is 1.94 bits per heavy atom. The summed E-state index contributed by atoms with van der Waals surface area (Å²) in [6.07, 6.45) is 6.42. The van der Waals surface area contributed by atoms with Crippen LogP contribution in [0.15, 0.2) is 29.2 Å². The Bertz CT molecular complexity index is 371. The van der Waals surface area contributed by atoms with Gasteiger partial charge in [0.05, 0.1) is 5.02 Å². The van der Waals surface area contributed by atoms with Crippen LogP contribution >= 0.6 is 23.5 Å². The number of hydrogen-bond acceptors (Lipinski definition) is 2. The van der Waals surface area contributed by atoms with Crippen LogP contribution in [-0.4, -0.2) is 5.91 Å². The molecule has 1 N–H and O–H groups in total. The molecule has 1 rings (SSSR count). The van der Waals surface area contributed by atoms with Crippen molar-refractivity contribution in [1.29, 1.82) is 0 Å². The van der Waals surface area contributed by atoms with Crippen molar-refractivity contribution in [3.05, 3.63) is 29.3 Å². The average Bonchev–Trinajstić information content (AvgIpc) is 2.37. The zero-order valence-corrected chi connectivity index (χ0v) is 12.3. The first-order valence-electron chi connectivity index (χ1n) is 6.44. The zero-order valence-electron chi connectivity index (χ0n) is 10.7. The predicted octanol–water partition coefficient (Wildman–Crippen LogP) is 4.82. The molecule has 0 saturated carbocycles. The van der Waals surface area contributed by atoms with Crippen LogP contribution in [0.2, 0.25) is 5.02 Å². The van der Waals surface area contributed by atoms with Gasteiger partial charge in [-0.15, -0.1) is 0 Å². The van der Waals surface area contributed by atoms with E-state index in [9.17, 15) is 4.79 Å². The van der Waals surface area contributed by atoms with E-state index >= 15 is 0 Å². The highest BCUT2D eigenvalue weighted by molar-refractivity contribution is 7.98. The van der Waals surface area contributed by atoms with E-state index in [4.69, 9.17) is 11.6 Å². The van der Waals surface area contributed by atoms with E-state index in [0.29, 0.717) is 11.4 Å². The molecule has 0 aliphatic rings. The normalized spacial score (nSPS) is 10.3. The Hall–Kier alpha value is -0.670. The van der Waals surface area contributed by atoms with Crippen molar-refractivity contribution in [3.63, 3.8) is 0 Å². The largest absolute Gasteiger partial charge is 0.296 e. The van der Waals surface area contributed by atoms with E-state index in [2.05, 4.69) is 11.6 Å². The lowest BCUT2D eigenvalue weighted by Crippen LogP contribution is -2.14. The molecular weight excluding hydrogens is 266 g/mol. The van der Waals surface area contributed by atoms with Gasteiger partial charge in [0.2, 0.25) is 5.91 Å². The molecule has 0 aromatic heterocycles. The summed E-state index contributed by atoms with van der Waals surface area (Å²) in [6.45, 7) is 2.19. The lowest BCUT2D eigenvalue weighted by atomic mass is 10.1. The van der Waals surface area contributed by atoms with Crippen molar-refractivity contribution in [2.45, 2.75) is 50.3 Å². The molecule has 0 heterocycles. The van der Waals surface area contributed by atoms with Crippen molar-refractivity contribution in [2.75, 3.05) is 0 Å². The van der Waals surface area contributed by atoms with Crippen LogP contribution in [0.5, 0.6) is 0 Å². The lowest BCUT2D eigenvalue weighted by Gasteiger charge is -2.05. The van der Waals surface area contributed by atoms with Crippen LogP contribution in [0.1, 0.15) is 45.4 Å². The SMILES string of the molecule is CCCCCCCC(=O)NSc1ccccc1Cl. The van der Waals surface area contributed by atoms with Crippen LogP contribution < -0.4 is 4.72 Å². The number of carbonyl (C=O) groups is 1. The van der Waals surface area contributed by atoms with Crippen molar-refractivity contribution in [3.8, 4) is 0 Å². The molecular formula is C14H20ClNOS. The van der Waals surface area contributed by atoms with Gasteiger partial charge in [0.1, 0.15) is 0 Å². The van der Waals surface area contributed by atoms with Gasteiger partial charge < -0.3 is 0 Å². The second kappa shape index (κ2) is 9.29. The van der Waals surface area contributed by atoms with Gasteiger partial charge in [0, 0.05) is 11.3 Å². The monoisotopic (exact) mass is 285 g/mol. The maximum Gasteiger partial charge on any atom is 0.230 e. The van der Waals surface area contributed by atoms with Crippen LogP contribution in [0.3, 0.4) is 0 Å². The lowest BCUT2D eigenvalue weighted by molar-refractivity contribution is -0.119. The summed E-state index contributed by atoms with van der Waals surface area (Å²) in [5, 5.41) is 0.672. The van der Waals surface area contributed by atoms with E-state index in [-0.39, 0.29) is 5.91 Å². The standard InChI is InChI=1S/C14H20ClNOS/c1-2-3-4-5-6-11-14(17)16-18-13-10-8-7-9-12(13)15/h7-10H,2-6,11H2,1H3,(H,16,17). The minimum absolute atomic E-state index is 0.0800. The summed E-state index contributed by atoms with van der Waals surface area (Å²) in [5.41, 5.74) is 0. The summed E-state index contributed by atoms with van der Waals surface area (Å²) in [6, 6.07) is 7.50. The molecule has 18 heavy (non-hydrogen) atoms. The Labute approximate surface area is 119 Å². The summed E-state index contributed by atoms with van der Waals surface area (Å²) >= 11 is 7.29. The smallest absolute Gasteiger partial charge is 0.230 e. The number of halogens is 1. The van der Waals surface area contributed by atoms with Crippen molar-refractivity contribution in [2.24, 2.45) is 0 Å². The van der Waals surface area contributed by atoms with Crippen LogP contribution in [0.25, 0.3) is 0 Å². The Morgan fingerprint density at radius 3 is 2.67 bits per heavy atom. The second-order valence-electron chi connectivity index (χ2n) is 4.22. The topological polar surface area (TPSA) is 29.1 Å². The van der Waals surface area contributed by atoms with E-state index < -0.39 is 0 Å². The highest BCUT2D eigenvalue weighted by Gasteiger charge is 2.04.